The Morgan fingerprint density at radius 1 is 1.39 bits per heavy atom. The molecule has 5 nitrogen and oxygen atoms in total. The second kappa shape index (κ2) is 6.83. The van der Waals surface area contributed by atoms with E-state index in [4.69, 9.17) is 4.74 Å². The minimum absolute atomic E-state index is 0.0484. The van der Waals surface area contributed by atoms with Gasteiger partial charge in [0.05, 0.1) is 10.6 Å². The van der Waals surface area contributed by atoms with Crippen LogP contribution in [0.1, 0.15) is 29.4 Å². The minimum Gasteiger partial charge on any atom is -0.482 e. The number of nitrogens with one attached hydrogen (secondary N) is 1. The molecule has 0 fully saturated rings. The minimum atomic E-state index is -0.150. The van der Waals surface area contributed by atoms with Gasteiger partial charge in [-0.3, -0.25) is 9.59 Å². The van der Waals surface area contributed by atoms with Gasteiger partial charge in [0.1, 0.15) is 5.75 Å². The lowest BCUT2D eigenvalue weighted by Gasteiger charge is -2.29. The van der Waals surface area contributed by atoms with Crippen LogP contribution in [0.25, 0.3) is 0 Å². The van der Waals surface area contributed by atoms with Gasteiger partial charge in [0.25, 0.3) is 11.8 Å². The number of hydrogen-bond acceptors (Lipinski definition) is 4. The summed E-state index contributed by atoms with van der Waals surface area (Å²) in [5, 5.41) is 4.73. The van der Waals surface area contributed by atoms with Crippen molar-refractivity contribution in [2.45, 2.75) is 19.8 Å². The summed E-state index contributed by atoms with van der Waals surface area (Å²) >= 11 is 1.39. The Labute approximate surface area is 138 Å². The zero-order valence-corrected chi connectivity index (χ0v) is 13.7. The highest BCUT2D eigenvalue weighted by Gasteiger charge is 2.25. The van der Waals surface area contributed by atoms with Crippen LogP contribution in [0.3, 0.4) is 0 Å². The van der Waals surface area contributed by atoms with E-state index in [1.807, 2.05) is 11.4 Å². The lowest BCUT2D eigenvalue weighted by molar-refractivity contribution is -0.121. The SMILES string of the molecule is CCCCN1C(=O)COc2ccc(NC(=O)c3cccs3)cc21. The molecule has 1 aliphatic heterocycles. The van der Waals surface area contributed by atoms with Crippen LogP contribution < -0.4 is 15.0 Å². The zero-order chi connectivity index (χ0) is 16.2. The molecular formula is C17H18N2O3S. The summed E-state index contributed by atoms with van der Waals surface area (Å²) < 4.78 is 5.48. The number of rotatable bonds is 5. The van der Waals surface area contributed by atoms with Crippen molar-refractivity contribution in [3.05, 3.63) is 40.6 Å². The second-order valence-electron chi connectivity index (χ2n) is 5.30. The van der Waals surface area contributed by atoms with Crippen molar-refractivity contribution in [2.75, 3.05) is 23.4 Å². The summed E-state index contributed by atoms with van der Waals surface area (Å²) in [6, 6.07) is 9.00. The van der Waals surface area contributed by atoms with E-state index in [0.717, 1.165) is 18.5 Å². The predicted molar refractivity (Wildman–Crippen MR) is 91.5 cm³/mol. The molecular weight excluding hydrogens is 312 g/mol. The van der Waals surface area contributed by atoms with Crippen molar-refractivity contribution >= 4 is 34.5 Å². The molecule has 0 radical (unpaired) electrons. The number of benzene rings is 1. The normalized spacial score (nSPS) is 13.4. The first kappa shape index (κ1) is 15.6. The van der Waals surface area contributed by atoms with E-state index in [-0.39, 0.29) is 18.4 Å². The lowest BCUT2D eigenvalue weighted by Crippen LogP contribution is -2.39. The van der Waals surface area contributed by atoms with Crippen LogP contribution in [-0.4, -0.2) is 25.0 Å². The van der Waals surface area contributed by atoms with Gasteiger partial charge in [0.15, 0.2) is 6.61 Å². The van der Waals surface area contributed by atoms with Crippen LogP contribution >= 0.6 is 11.3 Å². The monoisotopic (exact) mass is 330 g/mol. The lowest BCUT2D eigenvalue weighted by atomic mass is 10.2. The standard InChI is InChI=1S/C17H18N2O3S/c1-2-3-8-19-13-10-12(6-7-14(13)22-11-16(19)20)18-17(21)15-5-4-9-23-15/h4-7,9-10H,2-3,8,11H2,1H3,(H,18,21). The summed E-state index contributed by atoms with van der Waals surface area (Å²) in [6.07, 6.45) is 1.94. The second-order valence-corrected chi connectivity index (χ2v) is 6.25. The van der Waals surface area contributed by atoms with E-state index >= 15 is 0 Å². The van der Waals surface area contributed by atoms with Crippen LogP contribution in [-0.2, 0) is 4.79 Å². The van der Waals surface area contributed by atoms with Crippen molar-refractivity contribution in [1.29, 1.82) is 0 Å². The number of nitrogens with zero attached hydrogens (tertiary/aromatic N) is 1. The van der Waals surface area contributed by atoms with E-state index in [0.29, 0.717) is 22.9 Å². The van der Waals surface area contributed by atoms with E-state index in [1.54, 1.807) is 29.2 Å². The molecule has 0 spiro atoms. The van der Waals surface area contributed by atoms with Crippen LogP contribution in [0.15, 0.2) is 35.7 Å². The molecule has 23 heavy (non-hydrogen) atoms. The van der Waals surface area contributed by atoms with Crippen LogP contribution in [0.4, 0.5) is 11.4 Å². The fraction of sp³-hybridized carbons (Fsp3) is 0.294. The molecule has 0 saturated carbocycles. The Morgan fingerprint density at radius 3 is 3.00 bits per heavy atom. The van der Waals surface area contributed by atoms with E-state index in [2.05, 4.69) is 12.2 Å². The fourth-order valence-corrected chi connectivity index (χ4v) is 3.06. The summed E-state index contributed by atoms with van der Waals surface area (Å²) in [7, 11) is 0. The topological polar surface area (TPSA) is 58.6 Å². The van der Waals surface area contributed by atoms with Crippen molar-refractivity contribution in [2.24, 2.45) is 0 Å². The number of unbranched alkanes of at least 4 members (excludes halogenated alkanes) is 1. The third kappa shape index (κ3) is 3.37. The van der Waals surface area contributed by atoms with Gasteiger partial charge < -0.3 is 15.0 Å². The fourth-order valence-electron chi connectivity index (χ4n) is 2.44. The molecule has 1 N–H and O–H groups in total. The molecule has 120 valence electrons. The van der Waals surface area contributed by atoms with Crippen molar-refractivity contribution in [3.8, 4) is 5.75 Å². The summed E-state index contributed by atoms with van der Waals surface area (Å²) in [5.74, 6) is 0.477. The third-order valence-corrected chi connectivity index (χ3v) is 4.51. The largest absolute Gasteiger partial charge is 0.482 e. The van der Waals surface area contributed by atoms with Gasteiger partial charge in [0, 0.05) is 12.2 Å². The Kier molecular flexibility index (Phi) is 4.62. The number of hydrogen-bond donors (Lipinski definition) is 1. The number of anilines is 2. The Hall–Kier alpha value is -2.34. The average molecular weight is 330 g/mol. The quantitative estimate of drug-likeness (QED) is 0.912. The summed E-state index contributed by atoms with van der Waals surface area (Å²) in [5.41, 5.74) is 1.38. The van der Waals surface area contributed by atoms with E-state index in [9.17, 15) is 9.59 Å². The van der Waals surface area contributed by atoms with Gasteiger partial charge in [-0.25, -0.2) is 0 Å². The maximum absolute atomic E-state index is 12.1. The molecule has 1 aromatic heterocycles. The molecule has 1 aliphatic rings. The number of carbonyl (C=O) groups excluding carboxylic acids is 2. The van der Waals surface area contributed by atoms with Gasteiger partial charge in [-0.1, -0.05) is 19.4 Å². The molecule has 0 saturated heterocycles. The van der Waals surface area contributed by atoms with Gasteiger partial charge in [-0.15, -0.1) is 11.3 Å². The van der Waals surface area contributed by atoms with Gasteiger partial charge in [-0.2, -0.15) is 0 Å². The highest BCUT2D eigenvalue weighted by molar-refractivity contribution is 7.12. The first-order valence-corrected chi connectivity index (χ1v) is 8.49. The molecule has 3 rings (SSSR count). The van der Waals surface area contributed by atoms with Gasteiger partial charge in [0.2, 0.25) is 0 Å². The summed E-state index contributed by atoms with van der Waals surface area (Å²) in [6.45, 7) is 2.81. The third-order valence-electron chi connectivity index (χ3n) is 3.64. The molecule has 0 unspecified atom stereocenters. The zero-order valence-electron chi connectivity index (χ0n) is 12.9. The number of carbonyl (C=O) groups is 2. The number of fused-ring (bicyclic) bond motifs is 1. The van der Waals surface area contributed by atoms with Crippen molar-refractivity contribution in [1.82, 2.24) is 0 Å². The van der Waals surface area contributed by atoms with Crippen LogP contribution in [0, 0.1) is 0 Å². The maximum Gasteiger partial charge on any atom is 0.265 e. The summed E-state index contributed by atoms with van der Waals surface area (Å²) in [4.78, 5) is 26.6. The van der Waals surface area contributed by atoms with Gasteiger partial charge in [-0.05, 0) is 36.1 Å². The van der Waals surface area contributed by atoms with Crippen LogP contribution in [0.5, 0.6) is 5.75 Å². The van der Waals surface area contributed by atoms with Crippen LogP contribution in [0.2, 0.25) is 0 Å². The highest BCUT2D eigenvalue weighted by Crippen LogP contribution is 2.35. The van der Waals surface area contributed by atoms with E-state index in [1.165, 1.54) is 11.3 Å². The molecule has 2 aromatic rings. The molecule has 0 atom stereocenters. The van der Waals surface area contributed by atoms with Gasteiger partial charge >= 0.3 is 0 Å². The molecule has 2 heterocycles. The number of ether oxygens (including phenoxy) is 1. The first-order valence-electron chi connectivity index (χ1n) is 7.61. The molecule has 6 heteroatoms. The van der Waals surface area contributed by atoms with Crippen molar-refractivity contribution < 1.29 is 14.3 Å². The highest BCUT2D eigenvalue weighted by atomic mass is 32.1. The molecule has 1 aromatic carbocycles. The molecule has 0 bridgehead atoms. The van der Waals surface area contributed by atoms with Crippen molar-refractivity contribution in [3.63, 3.8) is 0 Å². The molecule has 2 amide bonds. The predicted octanol–water partition coefficient (Wildman–Crippen LogP) is 3.53. The molecule has 0 aliphatic carbocycles. The Balaban J connectivity index is 1.83. The van der Waals surface area contributed by atoms with E-state index < -0.39 is 0 Å². The Morgan fingerprint density at radius 2 is 2.26 bits per heavy atom. The maximum atomic E-state index is 12.1. The first-order chi connectivity index (χ1) is 11.2. The average Bonchev–Trinajstić information content (AvgIpc) is 3.08. The smallest absolute Gasteiger partial charge is 0.265 e. The number of thiophene rings is 1. The number of amides is 2. The Bertz CT molecular complexity index is 713.